The number of aliphatic hydroxyl groups excluding tert-OH is 1. The maximum Gasteiger partial charge on any atom is 0.295 e. The fraction of sp³-hybridized carbons (Fsp3) is 0.214. The molecular formula is C28H26N2O7. The lowest BCUT2D eigenvalue weighted by atomic mass is 9.95. The second-order valence-corrected chi connectivity index (χ2v) is 8.70. The number of hydrogen-bond donors (Lipinski definition) is 1. The number of non-ortho nitro benzene ring substituents is 1. The molecule has 1 aliphatic heterocycles. The van der Waals surface area contributed by atoms with Gasteiger partial charge >= 0.3 is 0 Å². The Morgan fingerprint density at radius 2 is 1.68 bits per heavy atom. The van der Waals surface area contributed by atoms with Crippen LogP contribution >= 0.6 is 0 Å². The monoisotopic (exact) mass is 502 g/mol. The van der Waals surface area contributed by atoms with Gasteiger partial charge in [-0.25, -0.2) is 0 Å². The number of para-hydroxylation sites is 1. The quantitative estimate of drug-likeness (QED) is 0.140. The van der Waals surface area contributed by atoms with Crippen LogP contribution < -0.4 is 4.74 Å². The highest BCUT2D eigenvalue weighted by Gasteiger charge is 2.46. The summed E-state index contributed by atoms with van der Waals surface area (Å²) in [5, 5.41) is 22.2. The molecule has 1 unspecified atom stereocenters. The zero-order chi connectivity index (χ0) is 26.5. The number of ether oxygens (including phenoxy) is 2. The molecular weight excluding hydrogens is 476 g/mol. The van der Waals surface area contributed by atoms with Crippen molar-refractivity contribution in [3.63, 3.8) is 0 Å². The largest absolute Gasteiger partial charge is 0.507 e. The average Bonchev–Trinajstić information content (AvgIpc) is 3.14. The number of nitrogens with zero attached hydrogens (tertiary/aromatic N) is 2. The highest BCUT2D eigenvalue weighted by Crippen LogP contribution is 2.40. The number of aliphatic hydroxyl groups is 1. The SMILES string of the molecule is CC(C)OCCN1C(=O)C(=O)/C(=C(/O)c2ccc([N+](=O)[O-])cc2)C1c1cccc(Oc2ccccc2)c1. The van der Waals surface area contributed by atoms with Gasteiger partial charge in [0.25, 0.3) is 17.4 Å². The Bertz CT molecular complexity index is 1330. The van der Waals surface area contributed by atoms with Crippen LogP contribution in [0.1, 0.15) is 31.0 Å². The molecule has 0 radical (unpaired) electrons. The minimum Gasteiger partial charge on any atom is -0.507 e. The van der Waals surface area contributed by atoms with Crippen molar-refractivity contribution >= 4 is 23.1 Å². The highest BCUT2D eigenvalue weighted by molar-refractivity contribution is 6.46. The third-order valence-electron chi connectivity index (χ3n) is 5.83. The molecule has 4 rings (SSSR count). The standard InChI is InChI=1S/C28H26N2O7/c1-18(2)36-16-15-29-25(20-7-6-10-23(17-20)37-22-8-4-3-5-9-22)24(27(32)28(29)33)26(31)19-11-13-21(14-12-19)30(34)35/h3-14,17-18,25,31H,15-16H2,1-2H3/b26-24+. The van der Waals surface area contributed by atoms with E-state index >= 15 is 0 Å². The van der Waals surface area contributed by atoms with Gasteiger partial charge in [0.15, 0.2) is 0 Å². The second-order valence-electron chi connectivity index (χ2n) is 8.70. The summed E-state index contributed by atoms with van der Waals surface area (Å²) < 4.78 is 11.6. The molecule has 9 heteroatoms. The molecule has 1 N–H and O–H groups in total. The molecule has 1 saturated heterocycles. The van der Waals surface area contributed by atoms with Crippen molar-refractivity contribution in [1.29, 1.82) is 0 Å². The maximum absolute atomic E-state index is 13.2. The molecule has 9 nitrogen and oxygen atoms in total. The fourth-order valence-electron chi connectivity index (χ4n) is 4.11. The number of likely N-dealkylation sites (tertiary alicyclic amines) is 1. The van der Waals surface area contributed by atoms with Crippen LogP contribution in [0.3, 0.4) is 0 Å². The lowest BCUT2D eigenvalue weighted by Crippen LogP contribution is -2.33. The second kappa shape index (κ2) is 11.0. The fourth-order valence-corrected chi connectivity index (χ4v) is 4.11. The van der Waals surface area contributed by atoms with Gasteiger partial charge in [-0.3, -0.25) is 19.7 Å². The molecule has 37 heavy (non-hydrogen) atoms. The third kappa shape index (κ3) is 5.68. The van der Waals surface area contributed by atoms with E-state index in [4.69, 9.17) is 9.47 Å². The average molecular weight is 503 g/mol. The van der Waals surface area contributed by atoms with Gasteiger partial charge in [-0.05, 0) is 55.8 Å². The molecule has 1 atom stereocenters. The predicted molar refractivity (Wildman–Crippen MR) is 136 cm³/mol. The molecule has 1 fully saturated rings. The number of Topliss-reactive ketones (excluding diaryl/α,β-unsaturated/α-hetero) is 1. The summed E-state index contributed by atoms with van der Waals surface area (Å²) in [7, 11) is 0. The van der Waals surface area contributed by atoms with Crippen LogP contribution in [0, 0.1) is 10.1 Å². The van der Waals surface area contributed by atoms with Crippen molar-refractivity contribution in [2.24, 2.45) is 0 Å². The first-order chi connectivity index (χ1) is 17.8. The lowest BCUT2D eigenvalue weighted by Gasteiger charge is -2.26. The molecule has 0 aromatic heterocycles. The first kappa shape index (κ1) is 25.6. The summed E-state index contributed by atoms with van der Waals surface area (Å²) in [4.78, 5) is 38.1. The molecule has 1 heterocycles. The number of nitro groups is 1. The summed E-state index contributed by atoms with van der Waals surface area (Å²) in [5.41, 5.74) is 0.467. The van der Waals surface area contributed by atoms with E-state index in [9.17, 15) is 24.8 Å². The van der Waals surface area contributed by atoms with E-state index in [1.807, 2.05) is 32.0 Å². The molecule has 3 aromatic rings. The number of hydrogen-bond acceptors (Lipinski definition) is 7. The Labute approximate surface area is 213 Å². The Hall–Kier alpha value is -4.50. The van der Waals surface area contributed by atoms with Crippen molar-refractivity contribution in [3.05, 3.63) is 106 Å². The molecule has 190 valence electrons. The van der Waals surface area contributed by atoms with Crippen molar-refractivity contribution < 1.29 is 29.1 Å². The number of carbonyl (C=O) groups is 2. The minimum atomic E-state index is -0.912. The summed E-state index contributed by atoms with van der Waals surface area (Å²) in [6, 6.07) is 20.3. The van der Waals surface area contributed by atoms with Crippen LogP contribution in [0.15, 0.2) is 84.4 Å². The molecule has 1 aliphatic rings. The summed E-state index contributed by atoms with van der Waals surface area (Å²) >= 11 is 0. The number of carbonyl (C=O) groups excluding carboxylic acids is 2. The van der Waals surface area contributed by atoms with Gasteiger partial charge in [-0.15, -0.1) is 0 Å². The van der Waals surface area contributed by atoms with Gasteiger partial charge in [0.1, 0.15) is 17.3 Å². The zero-order valence-corrected chi connectivity index (χ0v) is 20.4. The smallest absolute Gasteiger partial charge is 0.295 e. The van der Waals surface area contributed by atoms with Crippen molar-refractivity contribution in [3.8, 4) is 11.5 Å². The molecule has 0 aliphatic carbocycles. The Balaban J connectivity index is 1.77. The zero-order valence-electron chi connectivity index (χ0n) is 20.4. The number of rotatable bonds is 9. The van der Waals surface area contributed by atoms with Gasteiger partial charge in [0.2, 0.25) is 0 Å². The van der Waals surface area contributed by atoms with E-state index in [2.05, 4.69) is 0 Å². The van der Waals surface area contributed by atoms with Crippen molar-refractivity contribution in [2.45, 2.75) is 26.0 Å². The van der Waals surface area contributed by atoms with E-state index in [-0.39, 0.29) is 36.1 Å². The van der Waals surface area contributed by atoms with E-state index in [0.29, 0.717) is 17.1 Å². The molecule has 0 spiro atoms. The van der Waals surface area contributed by atoms with E-state index in [1.54, 1.807) is 36.4 Å². The Kier molecular flexibility index (Phi) is 7.64. The van der Waals surface area contributed by atoms with Crippen LogP contribution in [0.4, 0.5) is 5.69 Å². The van der Waals surface area contributed by atoms with E-state index in [0.717, 1.165) is 0 Å². The number of ketones is 1. The van der Waals surface area contributed by atoms with Crippen molar-refractivity contribution in [1.82, 2.24) is 4.90 Å². The Morgan fingerprint density at radius 1 is 1.00 bits per heavy atom. The van der Waals surface area contributed by atoms with Crippen LogP contribution in [-0.4, -0.2) is 45.9 Å². The van der Waals surface area contributed by atoms with Gasteiger partial charge < -0.3 is 19.5 Å². The third-order valence-corrected chi connectivity index (χ3v) is 5.83. The first-order valence-corrected chi connectivity index (χ1v) is 11.7. The topological polar surface area (TPSA) is 119 Å². The van der Waals surface area contributed by atoms with Gasteiger partial charge in [-0.2, -0.15) is 0 Å². The van der Waals surface area contributed by atoms with Crippen LogP contribution in [0.25, 0.3) is 5.76 Å². The molecule has 0 bridgehead atoms. The van der Waals surface area contributed by atoms with Crippen LogP contribution in [0.2, 0.25) is 0 Å². The molecule has 3 aromatic carbocycles. The van der Waals surface area contributed by atoms with E-state index in [1.165, 1.54) is 29.2 Å². The predicted octanol–water partition coefficient (Wildman–Crippen LogP) is 5.23. The van der Waals surface area contributed by atoms with Crippen LogP contribution in [-0.2, 0) is 14.3 Å². The Morgan fingerprint density at radius 3 is 2.32 bits per heavy atom. The number of nitro benzene ring substituents is 1. The van der Waals surface area contributed by atoms with Crippen LogP contribution in [0.5, 0.6) is 11.5 Å². The summed E-state index contributed by atoms with van der Waals surface area (Å²) in [6.45, 7) is 4.04. The minimum absolute atomic E-state index is 0.0713. The van der Waals surface area contributed by atoms with Gasteiger partial charge in [0, 0.05) is 24.2 Å². The van der Waals surface area contributed by atoms with Gasteiger partial charge in [-0.1, -0.05) is 30.3 Å². The molecule has 1 amide bonds. The maximum atomic E-state index is 13.2. The van der Waals surface area contributed by atoms with Gasteiger partial charge in [0.05, 0.1) is 29.2 Å². The van der Waals surface area contributed by atoms with Crippen molar-refractivity contribution in [2.75, 3.05) is 13.2 Å². The summed E-state index contributed by atoms with van der Waals surface area (Å²) in [5.74, 6) is -0.928. The summed E-state index contributed by atoms with van der Waals surface area (Å²) in [6.07, 6.45) is -0.0713. The van der Waals surface area contributed by atoms with E-state index < -0.39 is 28.4 Å². The normalized spacial score (nSPS) is 16.8. The lowest BCUT2D eigenvalue weighted by molar-refractivity contribution is -0.384. The number of benzene rings is 3. The molecule has 0 saturated carbocycles. The first-order valence-electron chi connectivity index (χ1n) is 11.7. The number of amides is 1. The highest BCUT2D eigenvalue weighted by atomic mass is 16.6.